The summed E-state index contributed by atoms with van der Waals surface area (Å²) in [6.07, 6.45) is 0. The average Bonchev–Trinajstić information content (AvgIpc) is 2.48. The lowest BCUT2D eigenvalue weighted by molar-refractivity contribution is 0.631. The van der Waals surface area contributed by atoms with E-state index in [2.05, 4.69) is 12.6 Å². The van der Waals surface area contributed by atoms with Crippen LogP contribution in [0.2, 0.25) is 0 Å². The van der Waals surface area contributed by atoms with Crippen molar-refractivity contribution >= 4 is 12.6 Å². The van der Waals surface area contributed by atoms with Crippen LogP contribution in [0.4, 0.5) is 4.39 Å². The Balaban J connectivity index is 1.98. The summed E-state index contributed by atoms with van der Waals surface area (Å²) in [5.74, 6) is -0.197. The third-order valence-electron chi connectivity index (χ3n) is 3.25. The van der Waals surface area contributed by atoms with Crippen molar-refractivity contribution in [2.75, 3.05) is 0 Å². The van der Waals surface area contributed by atoms with Gasteiger partial charge in [-0.3, -0.25) is 0 Å². The van der Waals surface area contributed by atoms with E-state index in [0.29, 0.717) is 5.56 Å². The molecule has 3 rings (SSSR count). The van der Waals surface area contributed by atoms with E-state index in [0.717, 1.165) is 21.6 Å². The summed E-state index contributed by atoms with van der Waals surface area (Å²) < 4.78 is 13.7. The van der Waals surface area contributed by atoms with Gasteiger partial charge in [0.2, 0.25) is 0 Å². The zero-order valence-electron chi connectivity index (χ0n) is 10.8. The Labute approximate surface area is 123 Å². The molecular formula is C18H13FS. The quantitative estimate of drug-likeness (QED) is 0.593. The van der Waals surface area contributed by atoms with E-state index in [1.54, 1.807) is 12.1 Å². The first-order valence-corrected chi connectivity index (χ1v) is 6.83. The Kier molecular flexibility index (Phi) is 3.57. The van der Waals surface area contributed by atoms with Gasteiger partial charge in [-0.1, -0.05) is 54.6 Å². The van der Waals surface area contributed by atoms with Crippen molar-refractivity contribution in [3.8, 4) is 22.3 Å². The molecule has 0 saturated carbocycles. The van der Waals surface area contributed by atoms with Crippen molar-refractivity contribution in [2.45, 2.75) is 4.90 Å². The molecule has 0 heterocycles. The van der Waals surface area contributed by atoms with Crippen molar-refractivity contribution in [3.05, 3.63) is 78.6 Å². The number of rotatable bonds is 2. The molecule has 0 aromatic heterocycles. The highest BCUT2D eigenvalue weighted by Crippen LogP contribution is 2.27. The molecule has 2 heteroatoms. The van der Waals surface area contributed by atoms with Gasteiger partial charge in [0.15, 0.2) is 0 Å². The SMILES string of the molecule is Fc1ccccc1-c1ccc(-c2cccc(S)c2)cc1. The normalized spacial score (nSPS) is 10.5. The Morgan fingerprint density at radius 1 is 0.650 bits per heavy atom. The summed E-state index contributed by atoms with van der Waals surface area (Å²) in [4.78, 5) is 0.931. The van der Waals surface area contributed by atoms with Gasteiger partial charge in [-0.2, -0.15) is 0 Å². The summed E-state index contributed by atoms with van der Waals surface area (Å²) in [6, 6.07) is 22.7. The summed E-state index contributed by atoms with van der Waals surface area (Å²) in [7, 11) is 0. The van der Waals surface area contributed by atoms with E-state index < -0.39 is 0 Å². The fourth-order valence-electron chi connectivity index (χ4n) is 2.22. The zero-order chi connectivity index (χ0) is 13.9. The summed E-state index contributed by atoms with van der Waals surface area (Å²) in [6.45, 7) is 0. The topological polar surface area (TPSA) is 0 Å². The van der Waals surface area contributed by atoms with Crippen LogP contribution in [0.3, 0.4) is 0 Å². The van der Waals surface area contributed by atoms with Gasteiger partial charge in [0.1, 0.15) is 5.82 Å². The van der Waals surface area contributed by atoms with Gasteiger partial charge in [0.05, 0.1) is 0 Å². The first kappa shape index (κ1) is 12.9. The van der Waals surface area contributed by atoms with Crippen LogP contribution in [0.25, 0.3) is 22.3 Å². The lowest BCUT2D eigenvalue weighted by Gasteiger charge is -2.06. The molecule has 0 N–H and O–H groups in total. The van der Waals surface area contributed by atoms with E-state index in [9.17, 15) is 4.39 Å². The fraction of sp³-hybridized carbons (Fsp3) is 0. The highest BCUT2D eigenvalue weighted by atomic mass is 32.1. The molecular weight excluding hydrogens is 267 g/mol. The maximum Gasteiger partial charge on any atom is 0.131 e. The maximum absolute atomic E-state index is 13.7. The molecule has 0 saturated heterocycles. The van der Waals surface area contributed by atoms with Crippen LogP contribution in [0.15, 0.2) is 77.7 Å². The highest BCUT2D eigenvalue weighted by Gasteiger charge is 2.04. The molecule has 0 amide bonds. The maximum atomic E-state index is 13.7. The molecule has 98 valence electrons. The smallest absolute Gasteiger partial charge is 0.131 e. The Hall–Kier alpha value is -2.06. The van der Waals surface area contributed by atoms with Gasteiger partial charge >= 0.3 is 0 Å². The third-order valence-corrected chi connectivity index (χ3v) is 3.53. The van der Waals surface area contributed by atoms with E-state index in [1.165, 1.54) is 6.07 Å². The Morgan fingerprint density at radius 2 is 1.35 bits per heavy atom. The molecule has 3 aromatic carbocycles. The standard InChI is InChI=1S/C18H13FS/c19-18-7-2-1-6-17(18)14-10-8-13(9-11-14)15-4-3-5-16(20)12-15/h1-12,20H. The highest BCUT2D eigenvalue weighted by molar-refractivity contribution is 7.80. The van der Waals surface area contributed by atoms with Gasteiger partial charge in [0, 0.05) is 10.5 Å². The molecule has 0 unspecified atom stereocenters. The van der Waals surface area contributed by atoms with Crippen LogP contribution in [0.5, 0.6) is 0 Å². The number of hydrogen-bond acceptors (Lipinski definition) is 1. The predicted molar refractivity (Wildman–Crippen MR) is 84.5 cm³/mol. The second-order valence-electron chi connectivity index (χ2n) is 4.61. The van der Waals surface area contributed by atoms with Crippen molar-refractivity contribution in [3.63, 3.8) is 0 Å². The minimum absolute atomic E-state index is 0.197. The number of halogens is 1. The molecule has 0 atom stereocenters. The van der Waals surface area contributed by atoms with Gasteiger partial charge < -0.3 is 0 Å². The van der Waals surface area contributed by atoms with E-state index in [-0.39, 0.29) is 5.82 Å². The predicted octanol–water partition coefficient (Wildman–Crippen LogP) is 5.45. The lowest BCUT2D eigenvalue weighted by Crippen LogP contribution is -1.84. The van der Waals surface area contributed by atoms with Crippen LogP contribution in [0.1, 0.15) is 0 Å². The Morgan fingerprint density at radius 3 is 2.05 bits per heavy atom. The second kappa shape index (κ2) is 5.51. The minimum Gasteiger partial charge on any atom is -0.206 e. The summed E-state index contributed by atoms with van der Waals surface area (Å²) in [5.41, 5.74) is 3.72. The first-order chi connectivity index (χ1) is 9.74. The van der Waals surface area contributed by atoms with Gasteiger partial charge in [-0.25, -0.2) is 4.39 Å². The van der Waals surface area contributed by atoms with Gasteiger partial charge in [-0.15, -0.1) is 12.6 Å². The van der Waals surface area contributed by atoms with Crippen LogP contribution in [-0.2, 0) is 0 Å². The summed E-state index contributed by atoms with van der Waals surface area (Å²) in [5, 5.41) is 0. The molecule has 3 aromatic rings. The van der Waals surface area contributed by atoms with E-state index in [1.807, 2.05) is 54.6 Å². The van der Waals surface area contributed by atoms with Gasteiger partial charge in [0.25, 0.3) is 0 Å². The monoisotopic (exact) mass is 280 g/mol. The molecule has 0 aliphatic heterocycles. The molecule has 0 nitrogen and oxygen atoms in total. The minimum atomic E-state index is -0.197. The Bertz CT molecular complexity index is 732. The molecule has 0 fully saturated rings. The van der Waals surface area contributed by atoms with Crippen LogP contribution >= 0.6 is 12.6 Å². The van der Waals surface area contributed by atoms with Crippen molar-refractivity contribution < 1.29 is 4.39 Å². The molecule has 0 aliphatic carbocycles. The third kappa shape index (κ3) is 2.61. The molecule has 0 aliphatic rings. The van der Waals surface area contributed by atoms with Crippen LogP contribution < -0.4 is 0 Å². The van der Waals surface area contributed by atoms with Crippen molar-refractivity contribution in [1.82, 2.24) is 0 Å². The number of benzene rings is 3. The summed E-state index contributed by atoms with van der Waals surface area (Å²) >= 11 is 4.35. The van der Waals surface area contributed by atoms with E-state index in [4.69, 9.17) is 0 Å². The zero-order valence-corrected chi connectivity index (χ0v) is 11.6. The van der Waals surface area contributed by atoms with Crippen LogP contribution in [-0.4, -0.2) is 0 Å². The van der Waals surface area contributed by atoms with Crippen LogP contribution in [0, 0.1) is 5.82 Å². The molecule has 20 heavy (non-hydrogen) atoms. The molecule has 0 bridgehead atoms. The second-order valence-corrected chi connectivity index (χ2v) is 5.12. The number of thiol groups is 1. The average molecular weight is 280 g/mol. The number of hydrogen-bond donors (Lipinski definition) is 1. The van der Waals surface area contributed by atoms with Gasteiger partial charge in [-0.05, 0) is 34.9 Å². The molecule has 0 radical (unpaired) electrons. The first-order valence-electron chi connectivity index (χ1n) is 6.38. The van der Waals surface area contributed by atoms with E-state index >= 15 is 0 Å². The molecule has 0 spiro atoms. The lowest BCUT2D eigenvalue weighted by atomic mass is 10.00. The fourth-order valence-corrected chi connectivity index (χ4v) is 2.45. The van der Waals surface area contributed by atoms with Crippen molar-refractivity contribution in [1.29, 1.82) is 0 Å². The largest absolute Gasteiger partial charge is 0.206 e. The van der Waals surface area contributed by atoms with Crippen molar-refractivity contribution in [2.24, 2.45) is 0 Å².